The first-order valence-corrected chi connectivity index (χ1v) is 12.4. The standard InChI is InChI=1S/C23H26FN7O5S/c1-23(2)18-13(20(32)30(23)5-4-29-6-8-36-9-7-29)10-16(37-18)17-14(24)11-25-21(27-17)26-15-12-31(22(33)34)28-19(15)35-3/h10-12H,4-9H2,1-3H3,(H,33,34)(H,25,26,27). The predicted molar refractivity (Wildman–Crippen MR) is 132 cm³/mol. The topological polar surface area (TPSA) is 135 Å². The van der Waals surface area contributed by atoms with Crippen LogP contribution in [0.5, 0.6) is 5.88 Å². The molecule has 3 aromatic heterocycles. The molecule has 2 aliphatic heterocycles. The van der Waals surface area contributed by atoms with Gasteiger partial charge < -0.3 is 24.8 Å². The lowest BCUT2D eigenvalue weighted by atomic mass is 10.0. The number of hydrogen-bond donors (Lipinski definition) is 2. The van der Waals surface area contributed by atoms with E-state index in [1.54, 1.807) is 6.07 Å². The van der Waals surface area contributed by atoms with E-state index in [0.29, 0.717) is 34.9 Å². The fourth-order valence-electron chi connectivity index (χ4n) is 4.50. The number of carboxylic acid groups (broad SMARTS) is 1. The van der Waals surface area contributed by atoms with Crippen LogP contribution in [0.2, 0.25) is 0 Å². The molecule has 1 fully saturated rings. The summed E-state index contributed by atoms with van der Waals surface area (Å²) in [5.74, 6) is -0.704. The van der Waals surface area contributed by atoms with Crippen LogP contribution in [0.25, 0.3) is 10.6 Å². The van der Waals surface area contributed by atoms with Crippen molar-refractivity contribution >= 4 is 35.0 Å². The highest BCUT2D eigenvalue weighted by atomic mass is 32.1. The number of methoxy groups -OCH3 is 1. The lowest BCUT2D eigenvalue weighted by molar-refractivity contribution is 0.0263. The van der Waals surface area contributed by atoms with E-state index in [0.717, 1.165) is 30.7 Å². The fourth-order valence-corrected chi connectivity index (χ4v) is 5.76. The van der Waals surface area contributed by atoms with E-state index in [-0.39, 0.29) is 29.1 Å². The number of amides is 1. The normalized spacial score (nSPS) is 17.2. The van der Waals surface area contributed by atoms with Crippen LogP contribution in [0, 0.1) is 5.82 Å². The Kier molecular flexibility index (Phi) is 6.56. The van der Waals surface area contributed by atoms with Gasteiger partial charge in [-0.1, -0.05) is 0 Å². The number of anilines is 2. The van der Waals surface area contributed by atoms with E-state index in [1.165, 1.54) is 24.6 Å². The first-order chi connectivity index (χ1) is 17.7. The van der Waals surface area contributed by atoms with Crippen LogP contribution in [0.1, 0.15) is 29.1 Å². The van der Waals surface area contributed by atoms with E-state index in [1.807, 2.05) is 18.7 Å². The zero-order valence-electron chi connectivity index (χ0n) is 20.5. The molecule has 37 heavy (non-hydrogen) atoms. The van der Waals surface area contributed by atoms with Crippen molar-refractivity contribution in [2.24, 2.45) is 0 Å². The van der Waals surface area contributed by atoms with Crippen molar-refractivity contribution in [3.05, 3.63) is 34.7 Å². The van der Waals surface area contributed by atoms with Crippen LogP contribution in [-0.4, -0.2) is 93.2 Å². The molecule has 5 heterocycles. The molecule has 0 bridgehead atoms. The average molecular weight is 532 g/mol. The third-order valence-electron chi connectivity index (χ3n) is 6.48. The summed E-state index contributed by atoms with van der Waals surface area (Å²) in [7, 11) is 1.34. The van der Waals surface area contributed by atoms with Gasteiger partial charge in [-0.05, 0) is 19.9 Å². The van der Waals surface area contributed by atoms with Gasteiger partial charge in [-0.3, -0.25) is 9.69 Å². The Bertz CT molecular complexity index is 1350. The molecule has 1 amide bonds. The molecule has 0 spiro atoms. The van der Waals surface area contributed by atoms with Crippen LogP contribution in [0.15, 0.2) is 18.5 Å². The Morgan fingerprint density at radius 3 is 2.76 bits per heavy atom. The zero-order valence-corrected chi connectivity index (χ0v) is 21.3. The smallest absolute Gasteiger partial charge is 0.432 e. The van der Waals surface area contributed by atoms with Crippen molar-refractivity contribution in [1.82, 2.24) is 29.5 Å². The van der Waals surface area contributed by atoms with Crippen molar-refractivity contribution in [2.45, 2.75) is 19.4 Å². The molecular weight excluding hydrogens is 505 g/mol. The molecular formula is C23H26FN7O5S. The Morgan fingerprint density at radius 1 is 1.32 bits per heavy atom. The van der Waals surface area contributed by atoms with Crippen LogP contribution >= 0.6 is 11.3 Å². The third-order valence-corrected chi connectivity index (χ3v) is 7.93. The minimum atomic E-state index is -1.30. The summed E-state index contributed by atoms with van der Waals surface area (Å²) in [6.45, 7) is 8.43. The molecule has 0 radical (unpaired) electrons. The molecule has 1 saturated heterocycles. The molecule has 14 heteroatoms. The summed E-state index contributed by atoms with van der Waals surface area (Å²) in [6.07, 6.45) is 0.914. The summed E-state index contributed by atoms with van der Waals surface area (Å²) in [4.78, 5) is 38.3. The molecule has 3 aromatic rings. The first kappa shape index (κ1) is 25.0. The van der Waals surface area contributed by atoms with Crippen molar-refractivity contribution in [3.63, 3.8) is 0 Å². The second-order valence-electron chi connectivity index (χ2n) is 9.12. The second kappa shape index (κ2) is 9.68. The van der Waals surface area contributed by atoms with Crippen LogP contribution in [-0.2, 0) is 10.3 Å². The van der Waals surface area contributed by atoms with Gasteiger partial charge in [0.15, 0.2) is 5.82 Å². The number of rotatable bonds is 7. The quantitative estimate of drug-likeness (QED) is 0.469. The highest BCUT2D eigenvalue weighted by Gasteiger charge is 2.45. The molecule has 0 saturated carbocycles. The van der Waals surface area contributed by atoms with Gasteiger partial charge in [0.05, 0.1) is 48.7 Å². The van der Waals surface area contributed by atoms with Crippen LogP contribution in [0.3, 0.4) is 0 Å². The van der Waals surface area contributed by atoms with Gasteiger partial charge >= 0.3 is 6.09 Å². The van der Waals surface area contributed by atoms with Crippen LogP contribution in [0.4, 0.5) is 20.8 Å². The van der Waals surface area contributed by atoms with E-state index in [9.17, 15) is 14.0 Å². The number of hydrogen-bond acceptors (Lipinski definition) is 10. The van der Waals surface area contributed by atoms with Crippen molar-refractivity contribution < 1.29 is 28.6 Å². The number of carbonyl (C=O) groups excluding carboxylic acids is 1. The molecule has 0 atom stereocenters. The summed E-state index contributed by atoms with van der Waals surface area (Å²) in [6, 6.07) is 1.68. The lowest BCUT2D eigenvalue weighted by Crippen LogP contribution is -2.46. The molecule has 0 aliphatic carbocycles. The summed E-state index contributed by atoms with van der Waals surface area (Å²) < 4.78 is 26.0. The first-order valence-electron chi connectivity index (χ1n) is 11.6. The van der Waals surface area contributed by atoms with Gasteiger partial charge in [-0.2, -0.15) is 4.68 Å². The number of carbonyl (C=O) groups is 2. The molecule has 2 N–H and O–H groups in total. The van der Waals surface area contributed by atoms with E-state index in [2.05, 4.69) is 25.3 Å². The summed E-state index contributed by atoms with van der Waals surface area (Å²) >= 11 is 1.32. The van der Waals surface area contributed by atoms with Gasteiger partial charge in [-0.25, -0.2) is 19.2 Å². The van der Waals surface area contributed by atoms with Crippen molar-refractivity contribution in [3.8, 4) is 16.5 Å². The number of halogens is 1. The number of morpholine rings is 1. The zero-order chi connectivity index (χ0) is 26.3. The summed E-state index contributed by atoms with van der Waals surface area (Å²) in [5.41, 5.74) is 0.225. The average Bonchev–Trinajstić information content (AvgIpc) is 3.54. The summed E-state index contributed by atoms with van der Waals surface area (Å²) in [5, 5.41) is 15.8. The third kappa shape index (κ3) is 4.63. The number of nitrogens with one attached hydrogen (secondary N) is 1. The molecule has 12 nitrogen and oxygen atoms in total. The Hall–Kier alpha value is -3.62. The van der Waals surface area contributed by atoms with Crippen molar-refractivity contribution in [1.29, 1.82) is 0 Å². The van der Waals surface area contributed by atoms with Crippen molar-refractivity contribution in [2.75, 3.05) is 51.8 Å². The van der Waals surface area contributed by atoms with Gasteiger partial charge in [0, 0.05) is 31.1 Å². The number of thiophene rings is 1. The minimum absolute atomic E-state index is 0.0106. The van der Waals surface area contributed by atoms with Gasteiger partial charge in [0.1, 0.15) is 11.4 Å². The Labute approximate surface area is 215 Å². The molecule has 2 aliphatic rings. The minimum Gasteiger partial charge on any atom is -0.478 e. The van der Waals surface area contributed by atoms with Crippen LogP contribution < -0.4 is 10.1 Å². The highest BCUT2D eigenvalue weighted by molar-refractivity contribution is 7.16. The van der Waals surface area contributed by atoms with Gasteiger partial charge in [0.25, 0.3) is 11.8 Å². The molecule has 0 aromatic carbocycles. The van der Waals surface area contributed by atoms with Gasteiger partial charge in [0.2, 0.25) is 5.95 Å². The molecule has 5 rings (SSSR count). The number of fused-ring (bicyclic) bond motifs is 1. The maximum absolute atomic E-state index is 14.8. The fraction of sp³-hybridized carbons (Fsp3) is 0.435. The second-order valence-corrected chi connectivity index (χ2v) is 10.2. The SMILES string of the molecule is COc1nn(C(=O)O)cc1Nc1ncc(F)c(-c2cc3c(s2)C(C)(C)N(CCN2CCOCC2)C3=O)n1. The largest absolute Gasteiger partial charge is 0.478 e. The van der Waals surface area contributed by atoms with Gasteiger partial charge in [-0.15, -0.1) is 16.4 Å². The highest BCUT2D eigenvalue weighted by Crippen LogP contribution is 2.46. The number of nitrogens with zero attached hydrogens (tertiary/aromatic N) is 6. The Balaban J connectivity index is 1.38. The molecule has 196 valence electrons. The van der Waals surface area contributed by atoms with E-state index < -0.39 is 17.4 Å². The maximum atomic E-state index is 14.8. The maximum Gasteiger partial charge on any atom is 0.432 e. The monoisotopic (exact) mass is 531 g/mol. The van der Waals surface area contributed by atoms with E-state index in [4.69, 9.17) is 14.6 Å². The number of aromatic nitrogens is 4. The Morgan fingerprint density at radius 2 is 2.08 bits per heavy atom. The molecule has 0 unspecified atom stereocenters. The van der Waals surface area contributed by atoms with E-state index >= 15 is 0 Å². The number of ether oxygens (including phenoxy) is 2. The predicted octanol–water partition coefficient (Wildman–Crippen LogP) is 2.84. The lowest BCUT2D eigenvalue weighted by Gasteiger charge is -2.35.